The molecule has 0 fully saturated rings. The maximum atomic E-state index is 12.1. The fraction of sp³-hybridized carbons (Fsp3) is 0.500. The summed E-state index contributed by atoms with van der Waals surface area (Å²) >= 11 is 4.84. The van der Waals surface area contributed by atoms with Gasteiger partial charge in [0, 0.05) is 20.1 Å². The van der Waals surface area contributed by atoms with Crippen molar-refractivity contribution in [2.24, 2.45) is 5.92 Å². The molecule has 0 unspecified atom stereocenters. The van der Waals surface area contributed by atoms with E-state index in [4.69, 9.17) is 9.47 Å². The van der Waals surface area contributed by atoms with Crippen molar-refractivity contribution in [3.8, 4) is 5.75 Å². The van der Waals surface area contributed by atoms with E-state index in [2.05, 4.69) is 26.2 Å². The number of amides is 1. The second-order valence-electron chi connectivity index (χ2n) is 5.48. The number of anilines is 1. The Balaban J connectivity index is 2.02. The Kier molecular flexibility index (Phi) is 6.80. The molecule has 1 amide bonds. The molecule has 1 heterocycles. The van der Waals surface area contributed by atoms with Crippen LogP contribution in [0.15, 0.2) is 18.2 Å². The van der Waals surface area contributed by atoms with Gasteiger partial charge in [-0.2, -0.15) is 0 Å². The van der Waals surface area contributed by atoms with E-state index in [9.17, 15) is 4.79 Å². The minimum atomic E-state index is -0.228. The molecule has 2 rings (SSSR count). The number of thiazole rings is 1. The van der Waals surface area contributed by atoms with Gasteiger partial charge in [-0.05, 0) is 24.1 Å². The van der Waals surface area contributed by atoms with Crippen LogP contribution in [0.3, 0.4) is 0 Å². The van der Waals surface area contributed by atoms with Crippen molar-refractivity contribution in [2.75, 3.05) is 25.6 Å². The van der Waals surface area contributed by atoms with Crippen LogP contribution in [0.4, 0.5) is 5.13 Å². The topological polar surface area (TPSA) is 60.5 Å². The summed E-state index contributed by atoms with van der Waals surface area (Å²) in [6.07, 6.45) is 0.848. The Hall–Kier alpha value is -1.18. The SMILES string of the molecule is COCCCOc1ccc2nc(NC(=O)[C@@H](Br)C(C)C)sc2c1. The first-order chi connectivity index (χ1) is 11.0. The summed E-state index contributed by atoms with van der Waals surface area (Å²) in [7, 11) is 1.68. The average molecular weight is 401 g/mol. The van der Waals surface area contributed by atoms with Crippen LogP contribution in [-0.2, 0) is 9.53 Å². The van der Waals surface area contributed by atoms with E-state index >= 15 is 0 Å². The number of benzene rings is 1. The molecule has 0 spiro atoms. The van der Waals surface area contributed by atoms with Gasteiger partial charge < -0.3 is 14.8 Å². The predicted octanol–water partition coefficient (Wildman–Crippen LogP) is 4.07. The van der Waals surface area contributed by atoms with Crippen molar-refractivity contribution in [2.45, 2.75) is 25.1 Å². The molecule has 0 saturated carbocycles. The maximum Gasteiger partial charge on any atom is 0.240 e. The first-order valence-electron chi connectivity index (χ1n) is 7.48. The molecule has 0 bridgehead atoms. The zero-order valence-corrected chi connectivity index (χ0v) is 15.9. The highest BCUT2D eigenvalue weighted by Crippen LogP contribution is 2.30. The first kappa shape index (κ1) is 18.2. The molecular weight excluding hydrogens is 380 g/mol. The van der Waals surface area contributed by atoms with Crippen LogP contribution in [0.25, 0.3) is 10.2 Å². The third-order valence-electron chi connectivity index (χ3n) is 3.19. The van der Waals surface area contributed by atoms with Gasteiger partial charge in [0.05, 0.1) is 21.7 Å². The number of nitrogens with one attached hydrogen (secondary N) is 1. The molecule has 0 aliphatic rings. The molecule has 23 heavy (non-hydrogen) atoms. The monoisotopic (exact) mass is 400 g/mol. The number of fused-ring (bicyclic) bond motifs is 1. The van der Waals surface area contributed by atoms with Gasteiger partial charge in [-0.25, -0.2) is 4.98 Å². The van der Waals surface area contributed by atoms with Crippen LogP contribution in [0.5, 0.6) is 5.75 Å². The molecule has 0 aliphatic heterocycles. The molecule has 1 N–H and O–H groups in total. The van der Waals surface area contributed by atoms with Gasteiger partial charge >= 0.3 is 0 Å². The van der Waals surface area contributed by atoms with Crippen molar-refractivity contribution in [1.29, 1.82) is 0 Å². The number of methoxy groups -OCH3 is 1. The third kappa shape index (κ3) is 5.16. The van der Waals surface area contributed by atoms with Crippen LogP contribution in [-0.4, -0.2) is 36.0 Å². The maximum absolute atomic E-state index is 12.1. The Morgan fingerprint density at radius 1 is 1.39 bits per heavy atom. The molecule has 1 atom stereocenters. The quantitative estimate of drug-likeness (QED) is 0.535. The number of nitrogens with zero attached hydrogens (tertiary/aromatic N) is 1. The van der Waals surface area contributed by atoms with E-state index in [1.54, 1.807) is 7.11 Å². The van der Waals surface area contributed by atoms with Gasteiger partial charge in [0.2, 0.25) is 5.91 Å². The normalized spacial score (nSPS) is 12.6. The molecule has 2 aromatic rings. The number of carbonyl (C=O) groups is 1. The van der Waals surface area contributed by atoms with E-state index in [1.807, 2.05) is 32.0 Å². The van der Waals surface area contributed by atoms with E-state index in [1.165, 1.54) is 11.3 Å². The van der Waals surface area contributed by atoms with Gasteiger partial charge in [-0.3, -0.25) is 4.79 Å². The number of ether oxygens (including phenoxy) is 2. The van der Waals surface area contributed by atoms with Gasteiger partial charge in [0.1, 0.15) is 5.75 Å². The predicted molar refractivity (Wildman–Crippen MR) is 97.8 cm³/mol. The van der Waals surface area contributed by atoms with E-state index in [0.29, 0.717) is 18.3 Å². The van der Waals surface area contributed by atoms with Crippen LogP contribution in [0.1, 0.15) is 20.3 Å². The summed E-state index contributed by atoms with van der Waals surface area (Å²) in [5.41, 5.74) is 0.852. The summed E-state index contributed by atoms with van der Waals surface area (Å²) < 4.78 is 11.7. The van der Waals surface area contributed by atoms with Crippen LogP contribution in [0.2, 0.25) is 0 Å². The van der Waals surface area contributed by atoms with E-state index in [0.717, 1.165) is 22.4 Å². The van der Waals surface area contributed by atoms with Crippen molar-refractivity contribution >= 4 is 48.5 Å². The molecule has 0 aliphatic carbocycles. The van der Waals surface area contributed by atoms with Crippen LogP contribution < -0.4 is 10.1 Å². The summed E-state index contributed by atoms with van der Waals surface area (Å²) in [5, 5.41) is 3.46. The molecule has 126 valence electrons. The average Bonchev–Trinajstić information content (AvgIpc) is 2.92. The number of rotatable bonds is 8. The molecule has 7 heteroatoms. The smallest absolute Gasteiger partial charge is 0.240 e. The lowest BCUT2D eigenvalue weighted by Crippen LogP contribution is -2.26. The summed E-state index contributed by atoms with van der Waals surface area (Å²) in [5.74, 6) is 0.947. The molecule has 0 saturated heterocycles. The fourth-order valence-electron chi connectivity index (χ4n) is 1.92. The van der Waals surface area contributed by atoms with E-state index in [-0.39, 0.29) is 16.7 Å². The largest absolute Gasteiger partial charge is 0.493 e. The number of hydrogen-bond donors (Lipinski definition) is 1. The van der Waals surface area contributed by atoms with Crippen molar-refractivity contribution in [1.82, 2.24) is 4.98 Å². The van der Waals surface area contributed by atoms with Crippen molar-refractivity contribution in [3.05, 3.63) is 18.2 Å². The summed E-state index contributed by atoms with van der Waals surface area (Å²) in [6, 6.07) is 5.74. The van der Waals surface area contributed by atoms with Gasteiger partial charge in [0.25, 0.3) is 0 Å². The summed E-state index contributed by atoms with van der Waals surface area (Å²) in [4.78, 5) is 16.3. The molecule has 1 aromatic carbocycles. The highest BCUT2D eigenvalue weighted by atomic mass is 79.9. The van der Waals surface area contributed by atoms with Gasteiger partial charge in [0.15, 0.2) is 5.13 Å². The highest BCUT2D eigenvalue weighted by Gasteiger charge is 2.19. The number of aromatic nitrogens is 1. The minimum Gasteiger partial charge on any atom is -0.493 e. The fourth-order valence-corrected chi connectivity index (χ4v) is 2.93. The Bertz CT molecular complexity index is 660. The lowest BCUT2D eigenvalue weighted by molar-refractivity contribution is -0.116. The second-order valence-corrected chi connectivity index (χ2v) is 7.50. The lowest BCUT2D eigenvalue weighted by Gasteiger charge is -2.11. The zero-order valence-electron chi connectivity index (χ0n) is 13.5. The Morgan fingerprint density at radius 2 is 2.17 bits per heavy atom. The number of carbonyl (C=O) groups excluding carboxylic acids is 1. The van der Waals surface area contributed by atoms with Crippen molar-refractivity contribution in [3.63, 3.8) is 0 Å². The van der Waals surface area contributed by atoms with Gasteiger partial charge in [-0.15, -0.1) is 0 Å². The third-order valence-corrected chi connectivity index (χ3v) is 5.59. The Morgan fingerprint density at radius 3 is 2.87 bits per heavy atom. The standard InChI is InChI=1S/C16H21BrN2O3S/c1-10(2)14(17)15(20)19-16-18-12-6-5-11(9-13(12)23-16)22-8-4-7-21-3/h5-6,9-10,14H,4,7-8H2,1-3H3,(H,18,19,20)/t14-/m0/s1. The molecular formula is C16H21BrN2O3S. The van der Waals surface area contributed by atoms with Crippen LogP contribution >= 0.6 is 27.3 Å². The number of halogens is 1. The Labute approximate surface area is 148 Å². The molecule has 0 radical (unpaired) electrons. The van der Waals surface area contributed by atoms with Crippen molar-refractivity contribution < 1.29 is 14.3 Å². The number of hydrogen-bond acceptors (Lipinski definition) is 5. The molecule has 1 aromatic heterocycles. The first-order valence-corrected chi connectivity index (χ1v) is 9.21. The highest BCUT2D eigenvalue weighted by molar-refractivity contribution is 9.10. The zero-order chi connectivity index (χ0) is 16.8. The van der Waals surface area contributed by atoms with Crippen LogP contribution in [0, 0.1) is 5.92 Å². The molecule has 5 nitrogen and oxygen atoms in total. The van der Waals surface area contributed by atoms with E-state index < -0.39 is 0 Å². The summed E-state index contributed by atoms with van der Waals surface area (Å²) in [6.45, 7) is 5.28. The van der Waals surface area contributed by atoms with Gasteiger partial charge in [-0.1, -0.05) is 41.1 Å². The number of alkyl halides is 1. The second kappa shape index (κ2) is 8.61. The lowest BCUT2D eigenvalue weighted by atomic mass is 10.1. The minimum absolute atomic E-state index is 0.0740.